The highest BCUT2D eigenvalue weighted by Gasteiger charge is 2.20. The number of nitro benzene ring substituents is 1. The van der Waals surface area contributed by atoms with Crippen molar-refractivity contribution >= 4 is 78.4 Å². The summed E-state index contributed by atoms with van der Waals surface area (Å²) in [5.41, 5.74) is 17.3. The highest BCUT2D eigenvalue weighted by atomic mass is 16.6. The number of anilines is 1. The molecule has 8 rings (SSSR count). The maximum absolute atomic E-state index is 11.6. The second-order valence-corrected chi connectivity index (χ2v) is 16.6. The third-order valence-corrected chi connectivity index (χ3v) is 11.7. The van der Waals surface area contributed by atoms with Gasteiger partial charge in [0.25, 0.3) is 5.69 Å². The maximum atomic E-state index is 11.6. The van der Waals surface area contributed by atoms with Crippen molar-refractivity contribution in [1.29, 1.82) is 0 Å². The molecule has 0 aliphatic rings. The highest BCUT2D eigenvalue weighted by molar-refractivity contribution is 6.07. The van der Waals surface area contributed by atoms with Gasteiger partial charge in [-0.15, -0.1) is 20.5 Å². The van der Waals surface area contributed by atoms with Crippen molar-refractivity contribution in [2.24, 2.45) is 40.9 Å². The van der Waals surface area contributed by atoms with Crippen molar-refractivity contribution in [3.05, 3.63) is 145 Å². The van der Waals surface area contributed by atoms with E-state index in [9.17, 15) is 25.4 Å². The summed E-state index contributed by atoms with van der Waals surface area (Å²) in [6, 6.07) is 24.6. The van der Waals surface area contributed by atoms with Crippen LogP contribution in [0.15, 0.2) is 126 Å². The van der Waals surface area contributed by atoms with E-state index in [-0.39, 0.29) is 40.1 Å². The Hall–Kier alpha value is -8.73. The van der Waals surface area contributed by atoms with Crippen LogP contribution in [0, 0.1) is 72.4 Å². The number of rotatable bonds is 10. The molecule has 0 fully saturated rings. The van der Waals surface area contributed by atoms with Gasteiger partial charge >= 0.3 is 0 Å². The molecule has 0 aliphatic carbocycles. The summed E-state index contributed by atoms with van der Waals surface area (Å²) >= 11 is 0. The molecule has 0 atom stereocenters. The van der Waals surface area contributed by atoms with E-state index in [1.807, 2.05) is 90.1 Å². The highest BCUT2D eigenvalue weighted by Crippen LogP contribution is 2.47. The molecule has 67 heavy (non-hydrogen) atoms. The lowest BCUT2D eigenvalue weighted by molar-refractivity contribution is -0.384. The molecule has 0 spiro atoms. The van der Waals surface area contributed by atoms with Crippen LogP contribution in [0.2, 0.25) is 0 Å². The molecule has 0 unspecified atom stereocenters. The number of azo groups is 4. The normalized spacial score (nSPS) is 12.1. The molecule has 0 bridgehead atoms. The molecule has 7 aromatic carbocycles. The van der Waals surface area contributed by atoms with Crippen LogP contribution in [0.5, 0.6) is 17.4 Å². The van der Waals surface area contributed by atoms with E-state index in [0.717, 1.165) is 33.2 Å². The van der Waals surface area contributed by atoms with Crippen molar-refractivity contribution < 1.29 is 20.2 Å². The summed E-state index contributed by atoms with van der Waals surface area (Å²) in [4.78, 5) is 10.7. The molecule has 5 N–H and O–H groups in total. The monoisotopic (exact) mass is 894 g/mol. The first-order valence-corrected chi connectivity index (χ1v) is 21.1. The number of benzene rings is 7. The van der Waals surface area contributed by atoms with Crippen LogP contribution in [-0.2, 0) is 0 Å². The Morgan fingerprint density at radius 1 is 0.522 bits per heavy atom. The first-order valence-electron chi connectivity index (χ1n) is 21.1. The molecule has 0 saturated heterocycles. The van der Waals surface area contributed by atoms with Gasteiger partial charge in [-0.05, 0) is 173 Å². The van der Waals surface area contributed by atoms with Gasteiger partial charge in [0.2, 0.25) is 5.88 Å². The summed E-state index contributed by atoms with van der Waals surface area (Å²) in [6.07, 6.45) is 0. The largest absolute Gasteiger partial charge is 0.505 e. The molecule has 0 saturated carbocycles. The minimum atomic E-state index is -0.479. The van der Waals surface area contributed by atoms with E-state index in [1.54, 1.807) is 39.0 Å². The molecule has 17 nitrogen and oxygen atoms in total. The zero-order valence-electron chi connectivity index (χ0n) is 38.2. The van der Waals surface area contributed by atoms with E-state index in [1.165, 1.54) is 22.9 Å². The average Bonchev–Trinajstić information content (AvgIpc) is 3.57. The number of nitrogen functional groups attached to an aromatic ring is 1. The molecule has 336 valence electrons. The van der Waals surface area contributed by atoms with Crippen LogP contribution < -0.4 is 5.73 Å². The fourth-order valence-corrected chi connectivity index (χ4v) is 7.79. The van der Waals surface area contributed by atoms with Crippen LogP contribution >= 0.6 is 0 Å². The van der Waals surface area contributed by atoms with Gasteiger partial charge < -0.3 is 21.1 Å². The number of hydrogen-bond acceptors (Lipinski definition) is 15. The van der Waals surface area contributed by atoms with Gasteiger partial charge in [0, 0.05) is 17.5 Å². The quantitative estimate of drug-likeness (QED) is 0.0447. The van der Waals surface area contributed by atoms with Crippen molar-refractivity contribution in [2.75, 3.05) is 5.73 Å². The summed E-state index contributed by atoms with van der Waals surface area (Å²) in [5.74, 6) is -0.332. The number of phenolic OH excluding ortho intramolecular Hbond substituents is 2. The molecule has 1 aromatic heterocycles. The number of aromatic hydroxyl groups is 3. The first-order chi connectivity index (χ1) is 31.9. The molecule has 0 aliphatic heterocycles. The predicted molar refractivity (Wildman–Crippen MR) is 260 cm³/mol. The summed E-state index contributed by atoms with van der Waals surface area (Å²) in [5, 5.41) is 87.6. The number of nitro groups is 1. The molecule has 8 aromatic rings. The predicted octanol–water partition coefficient (Wildman–Crippen LogP) is 15.2. The van der Waals surface area contributed by atoms with E-state index in [4.69, 9.17) is 5.73 Å². The Balaban J connectivity index is 1.04. The number of aryl methyl sites for hydroxylation is 9. The second kappa shape index (κ2) is 17.7. The number of nitrogens with two attached hydrogens (primary N) is 1. The first kappa shape index (κ1) is 44.9. The lowest BCUT2D eigenvalue weighted by Crippen LogP contribution is -1.95. The Morgan fingerprint density at radius 3 is 1.67 bits per heavy atom. The Labute approximate surface area is 384 Å². The van der Waals surface area contributed by atoms with Crippen LogP contribution in [0.4, 0.5) is 56.9 Å². The third-order valence-electron chi connectivity index (χ3n) is 11.7. The minimum absolute atomic E-state index is 0.0386. The molecule has 1 heterocycles. The maximum Gasteiger partial charge on any atom is 0.269 e. The zero-order valence-corrected chi connectivity index (χ0v) is 38.2. The van der Waals surface area contributed by atoms with Gasteiger partial charge in [-0.2, -0.15) is 30.2 Å². The lowest BCUT2D eigenvalue weighted by atomic mass is 9.98. The van der Waals surface area contributed by atoms with Crippen LogP contribution in [0.25, 0.3) is 27.2 Å². The SMILES string of the molecule is Cc1ccc(-n2nc(C)c(N=Nc3cc(C)c(N=Nc4c(C)cc5c(C)c(N=Nc6cc(C)c7cc(C)c(N=Nc8ccc([N+](=O)[O-])cc8C)c(O)c7c6N)ccc5c4O)cc3C)c2O)cc1. The van der Waals surface area contributed by atoms with Gasteiger partial charge in [-0.1, -0.05) is 17.7 Å². The number of non-ortho nitro benzene ring substituents is 1. The Kier molecular flexibility index (Phi) is 11.8. The Bertz CT molecular complexity index is 3480. The summed E-state index contributed by atoms with van der Waals surface area (Å²) < 4.78 is 1.43. The van der Waals surface area contributed by atoms with Gasteiger partial charge in [-0.3, -0.25) is 10.1 Å². The van der Waals surface area contributed by atoms with Gasteiger partial charge in [0.15, 0.2) is 17.2 Å². The smallest absolute Gasteiger partial charge is 0.269 e. The standard InChI is InChI=1S/C50H46N12O5/c1-24-10-12-33(13-11-24)61-50(65)47(32(9)60-61)59-55-41-23-27(4)40(22-28(41)5)54-57-45-30(7)20-37-31(8)39(17-15-35(37)48(45)63)53-56-42-21-25(2)36-19-29(6)46(49(64)43(36)44(42)51)58-52-38-16-14-34(62(66)67)18-26(38)3/h10-23,63-65H,51H2,1-9H3. The average molecular weight is 895 g/mol. The van der Waals surface area contributed by atoms with Crippen molar-refractivity contribution in [3.8, 4) is 23.1 Å². The molecule has 17 heteroatoms. The van der Waals surface area contributed by atoms with Crippen molar-refractivity contribution in [1.82, 2.24) is 9.78 Å². The van der Waals surface area contributed by atoms with Gasteiger partial charge in [0.1, 0.15) is 17.1 Å². The number of aromatic nitrogens is 2. The van der Waals surface area contributed by atoms with E-state index < -0.39 is 4.92 Å². The van der Waals surface area contributed by atoms with E-state index >= 15 is 0 Å². The number of nitrogens with zero attached hydrogens (tertiary/aromatic N) is 11. The number of phenols is 2. The minimum Gasteiger partial charge on any atom is -0.505 e. The summed E-state index contributed by atoms with van der Waals surface area (Å²) in [7, 11) is 0. The molecular weight excluding hydrogens is 849 g/mol. The topological polar surface area (TPSA) is 247 Å². The van der Waals surface area contributed by atoms with Crippen molar-refractivity contribution in [2.45, 2.75) is 62.3 Å². The van der Waals surface area contributed by atoms with Crippen LogP contribution in [0.3, 0.4) is 0 Å². The molecule has 0 radical (unpaired) electrons. The van der Waals surface area contributed by atoms with E-state index in [0.29, 0.717) is 78.4 Å². The van der Waals surface area contributed by atoms with Gasteiger partial charge in [-0.25, -0.2) is 0 Å². The Morgan fingerprint density at radius 2 is 1.04 bits per heavy atom. The third kappa shape index (κ3) is 8.52. The number of fused-ring (bicyclic) bond motifs is 2. The van der Waals surface area contributed by atoms with E-state index in [2.05, 4.69) is 46.0 Å². The zero-order chi connectivity index (χ0) is 48.0. The van der Waals surface area contributed by atoms with Crippen LogP contribution in [-0.4, -0.2) is 30.0 Å². The lowest BCUT2D eigenvalue weighted by Gasteiger charge is -2.14. The summed E-state index contributed by atoms with van der Waals surface area (Å²) in [6.45, 7) is 16.6. The molecular formula is C50H46N12O5. The fraction of sp³-hybridized carbons (Fsp3) is 0.180. The van der Waals surface area contributed by atoms with Gasteiger partial charge in [0.05, 0.1) is 50.1 Å². The van der Waals surface area contributed by atoms with Crippen molar-refractivity contribution in [3.63, 3.8) is 0 Å². The number of hydrogen-bond donors (Lipinski definition) is 4. The second-order valence-electron chi connectivity index (χ2n) is 16.6. The molecule has 0 amide bonds. The van der Waals surface area contributed by atoms with Crippen LogP contribution in [0.1, 0.15) is 50.2 Å². The fourth-order valence-electron chi connectivity index (χ4n) is 7.79.